The van der Waals surface area contributed by atoms with Crippen LogP contribution >= 0.6 is 17.0 Å². The molecule has 2 aromatic rings. The minimum absolute atomic E-state index is 0. The summed E-state index contributed by atoms with van der Waals surface area (Å²) in [5.41, 5.74) is 0.841. The van der Waals surface area contributed by atoms with Crippen LogP contribution in [-0.2, 0) is 19.5 Å². The molecule has 0 spiro atoms. The number of rotatable bonds is 2. The fraction of sp³-hybridized carbons (Fsp3) is 0.154. The molecule has 2 aromatic carbocycles. The molecular weight excluding hydrogens is 333 g/mol. The molecule has 0 aliphatic carbocycles. The number of ether oxygens (including phenoxy) is 2. The Morgan fingerprint density at radius 3 is 2.12 bits per heavy atom. The SMILES string of the molecule is Br.[CH2-]c1cc(OC)c2ccccc2c1OC.[Zn]. The van der Waals surface area contributed by atoms with Crippen molar-refractivity contribution >= 4 is 27.8 Å². The van der Waals surface area contributed by atoms with Gasteiger partial charge in [-0.2, -0.15) is 6.92 Å². The van der Waals surface area contributed by atoms with Gasteiger partial charge in [0.15, 0.2) is 0 Å². The zero-order chi connectivity index (χ0) is 10.8. The molecule has 0 bridgehead atoms. The third-order valence-electron chi connectivity index (χ3n) is 2.46. The first-order valence-corrected chi connectivity index (χ1v) is 4.73. The Morgan fingerprint density at radius 1 is 1.00 bits per heavy atom. The molecule has 2 rings (SSSR count). The van der Waals surface area contributed by atoms with E-state index < -0.39 is 0 Å². The second kappa shape index (κ2) is 6.88. The molecule has 0 unspecified atom stereocenters. The predicted octanol–water partition coefficient (Wildman–Crippen LogP) is 3.61. The van der Waals surface area contributed by atoms with Crippen molar-refractivity contribution in [2.45, 2.75) is 0 Å². The summed E-state index contributed by atoms with van der Waals surface area (Å²) in [4.78, 5) is 0. The zero-order valence-corrected chi connectivity index (χ0v) is 14.7. The summed E-state index contributed by atoms with van der Waals surface area (Å²) < 4.78 is 10.7. The minimum Gasteiger partial charge on any atom is -0.553 e. The Labute approximate surface area is 125 Å². The molecule has 0 heterocycles. The van der Waals surface area contributed by atoms with Gasteiger partial charge in [0.2, 0.25) is 0 Å². The maximum Gasteiger partial charge on any atom is 0.0759 e. The predicted molar refractivity (Wildman–Crippen MR) is 71.8 cm³/mol. The average molecular weight is 348 g/mol. The van der Waals surface area contributed by atoms with E-state index in [0.717, 1.165) is 27.8 Å². The van der Waals surface area contributed by atoms with E-state index in [0.29, 0.717) is 0 Å². The van der Waals surface area contributed by atoms with E-state index >= 15 is 0 Å². The summed E-state index contributed by atoms with van der Waals surface area (Å²) in [7, 11) is 3.32. The van der Waals surface area contributed by atoms with Crippen molar-refractivity contribution < 1.29 is 29.0 Å². The van der Waals surface area contributed by atoms with Crippen LogP contribution in [-0.4, -0.2) is 14.2 Å². The normalized spacial score (nSPS) is 9.06. The quantitative estimate of drug-likeness (QED) is 0.610. The van der Waals surface area contributed by atoms with E-state index in [9.17, 15) is 0 Å². The molecule has 4 heteroatoms. The summed E-state index contributed by atoms with van der Waals surface area (Å²) in [5, 5.41) is 2.08. The van der Waals surface area contributed by atoms with Crippen LogP contribution in [0.4, 0.5) is 0 Å². The molecule has 0 aromatic heterocycles. The van der Waals surface area contributed by atoms with Crippen molar-refractivity contribution in [3.05, 3.63) is 42.8 Å². The first kappa shape index (κ1) is 16.3. The molecule has 0 fully saturated rings. The zero-order valence-electron chi connectivity index (χ0n) is 10.0. The Morgan fingerprint density at radius 2 is 1.59 bits per heavy atom. The number of hydrogen-bond donors (Lipinski definition) is 0. The van der Waals surface area contributed by atoms with Crippen molar-refractivity contribution in [3.8, 4) is 11.5 Å². The monoisotopic (exact) mass is 345 g/mol. The van der Waals surface area contributed by atoms with Crippen molar-refractivity contribution in [2.75, 3.05) is 14.2 Å². The Hall–Kier alpha value is -0.727. The van der Waals surface area contributed by atoms with Gasteiger partial charge in [0, 0.05) is 30.6 Å². The third kappa shape index (κ3) is 2.94. The summed E-state index contributed by atoms with van der Waals surface area (Å²) in [6.07, 6.45) is 0. The molecule has 0 saturated heterocycles. The van der Waals surface area contributed by atoms with E-state index in [4.69, 9.17) is 9.47 Å². The van der Waals surface area contributed by atoms with E-state index in [-0.39, 0.29) is 36.5 Å². The van der Waals surface area contributed by atoms with Crippen molar-refractivity contribution in [3.63, 3.8) is 0 Å². The molecule has 0 aliphatic rings. The first-order valence-electron chi connectivity index (χ1n) is 4.73. The van der Waals surface area contributed by atoms with Crippen molar-refractivity contribution in [1.82, 2.24) is 0 Å². The third-order valence-corrected chi connectivity index (χ3v) is 2.46. The van der Waals surface area contributed by atoms with Gasteiger partial charge in [-0.05, 0) is 5.39 Å². The van der Waals surface area contributed by atoms with Gasteiger partial charge in [0.1, 0.15) is 0 Å². The molecule has 0 atom stereocenters. The van der Waals surface area contributed by atoms with Gasteiger partial charge in [0.25, 0.3) is 0 Å². The van der Waals surface area contributed by atoms with Crippen molar-refractivity contribution in [2.24, 2.45) is 0 Å². The van der Waals surface area contributed by atoms with Crippen LogP contribution in [0.5, 0.6) is 11.5 Å². The summed E-state index contributed by atoms with van der Waals surface area (Å²) >= 11 is 0. The smallest absolute Gasteiger partial charge is 0.0759 e. The van der Waals surface area contributed by atoms with Gasteiger partial charge >= 0.3 is 0 Å². The Kier molecular flexibility index (Phi) is 6.58. The minimum atomic E-state index is 0. The second-order valence-electron chi connectivity index (χ2n) is 3.32. The molecule has 17 heavy (non-hydrogen) atoms. The van der Waals surface area contributed by atoms with Crippen LogP contribution in [0.1, 0.15) is 5.56 Å². The number of methoxy groups -OCH3 is 2. The summed E-state index contributed by atoms with van der Waals surface area (Å²) in [6.45, 7) is 3.95. The number of fused-ring (bicyclic) bond motifs is 1. The largest absolute Gasteiger partial charge is 0.553 e. The van der Waals surface area contributed by atoms with Crippen LogP contribution in [0.25, 0.3) is 10.8 Å². The molecule has 0 radical (unpaired) electrons. The summed E-state index contributed by atoms with van der Waals surface area (Å²) in [6, 6.07) is 9.86. The molecule has 2 nitrogen and oxygen atoms in total. The van der Waals surface area contributed by atoms with E-state index in [1.165, 1.54) is 0 Å². The standard InChI is InChI=1S/C13H13O2.BrH.Zn/c1-9-8-12(14-2)10-6-4-5-7-11(10)13(9)15-3;;/h4-8H,1H2,2-3H3;1H;/q-1;;. The van der Waals surface area contributed by atoms with E-state index in [2.05, 4.69) is 6.92 Å². The molecule has 0 aliphatic heterocycles. The van der Waals surface area contributed by atoms with Crippen molar-refractivity contribution in [1.29, 1.82) is 0 Å². The van der Waals surface area contributed by atoms with Crippen LogP contribution in [0, 0.1) is 6.92 Å². The molecule has 0 amide bonds. The first-order chi connectivity index (χ1) is 7.27. The van der Waals surface area contributed by atoms with Crippen LogP contribution < -0.4 is 9.47 Å². The molecule has 0 saturated carbocycles. The van der Waals surface area contributed by atoms with Gasteiger partial charge in [-0.3, -0.25) is 0 Å². The second-order valence-corrected chi connectivity index (χ2v) is 3.32. The molecule has 0 N–H and O–H groups in total. The maximum atomic E-state index is 5.34. The number of halogens is 1. The fourth-order valence-corrected chi connectivity index (χ4v) is 1.78. The van der Waals surface area contributed by atoms with Crippen LogP contribution in [0.15, 0.2) is 30.3 Å². The van der Waals surface area contributed by atoms with Gasteiger partial charge in [-0.25, -0.2) is 0 Å². The average Bonchev–Trinajstić information content (AvgIpc) is 2.28. The Bertz CT molecular complexity index is 500. The molecular formula is C13H14BrO2Zn-. The molecule has 88 valence electrons. The maximum absolute atomic E-state index is 5.34. The van der Waals surface area contributed by atoms with Crippen LogP contribution in [0.3, 0.4) is 0 Å². The van der Waals surface area contributed by atoms with E-state index in [1.54, 1.807) is 14.2 Å². The number of hydrogen-bond acceptors (Lipinski definition) is 2. The van der Waals surface area contributed by atoms with Gasteiger partial charge in [-0.1, -0.05) is 24.3 Å². The number of benzene rings is 2. The van der Waals surface area contributed by atoms with Crippen LogP contribution in [0.2, 0.25) is 0 Å². The van der Waals surface area contributed by atoms with Gasteiger partial charge < -0.3 is 9.47 Å². The van der Waals surface area contributed by atoms with Gasteiger partial charge in [0.05, 0.1) is 20.0 Å². The fourth-order valence-electron chi connectivity index (χ4n) is 1.78. The topological polar surface area (TPSA) is 18.5 Å². The summed E-state index contributed by atoms with van der Waals surface area (Å²) in [5.74, 6) is 1.64. The van der Waals surface area contributed by atoms with E-state index in [1.807, 2.05) is 30.3 Å². The van der Waals surface area contributed by atoms with Gasteiger partial charge in [-0.15, -0.1) is 28.6 Å². The Balaban J connectivity index is 0.00000128.